The number of methoxy groups -OCH3 is 2. The highest BCUT2D eigenvalue weighted by molar-refractivity contribution is 7.99. The van der Waals surface area contributed by atoms with E-state index < -0.39 is 0 Å². The summed E-state index contributed by atoms with van der Waals surface area (Å²) in [6, 6.07) is 15.4. The van der Waals surface area contributed by atoms with Crippen LogP contribution < -0.4 is 20.5 Å². The molecule has 0 aliphatic heterocycles. The second-order valence-electron chi connectivity index (χ2n) is 7.14. The third-order valence-corrected chi connectivity index (χ3v) is 6.69. The maximum Gasteiger partial charge on any atom is 0.343 e. The predicted octanol–water partition coefficient (Wildman–Crippen LogP) is 3.69. The van der Waals surface area contributed by atoms with Crippen molar-refractivity contribution in [3.63, 3.8) is 0 Å². The topological polar surface area (TPSA) is 111 Å². The van der Waals surface area contributed by atoms with Crippen LogP contribution in [0.25, 0.3) is 11.3 Å². The minimum absolute atomic E-state index is 0.0937. The highest BCUT2D eigenvalue weighted by Crippen LogP contribution is 2.34. The van der Waals surface area contributed by atoms with Crippen LogP contribution in [0.5, 0.6) is 11.5 Å². The minimum atomic E-state index is -0.295. The van der Waals surface area contributed by atoms with Crippen LogP contribution in [0.1, 0.15) is 5.56 Å². The summed E-state index contributed by atoms with van der Waals surface area (Å²) in [5.74, 6) is 1.17. The Morgan fingerprint density at radius 1 is 1.18 bits per heavy atom. The molecule has 0 atom stereocenters. The molecular weight excluding hydrogens is 474 g/mol. The van der Waals surface area contributed by atoms with Gasteiger partial charge in [0.2, 0.25) is 5.91 Å². The normalized spacial score (nSPS) is 10.8. The molecule has 0 aliphatic rings. The molecule has 0 saturated carbocycles. The minimum Gasteiger partial charge on any atom is -0.497 e. The third-order valence-electron chi connectivity index (χ3n) is 4.96. The molecular formula is C23H23N5O4S2. The van der Waals surface area contributed by atoms with Gasteiger partial charge in [-0.3, -0.25) is 9.36 Å². The Bertz CT molecular complexity index is 1320. The number of hydrogen-bond donors (Lipinski definition) is 2. The van der Waals surface area contributed by atoms with E-state index in [4.69, 9.17) is 9.47 Å². The van der Waals surface area contributed by atoms with E-state index in [9.17, 15) is 9.59 Å². The van der Waals surface area contributed by atoms with Crippen molar-refractivity contribution < 1.29 is 14.3 Å². The molecule has 2 N–H and O–H groups in total. The zero-order valence-corrected chi connectivity index (χ0v) is 20.2. The number of nitrogens with zero attached hydrogens (tertiary/aromatic N) is 3. The number of amides is 1. The van der Waals surface area contributed by atoms with Gasteiger partial charge in [0.15, 0.2) is 10.3 Å². The molecule has 34 heavy (non-hydrogen) atoms. The summed E-state index contributed by atoms with van der Waals surface area (Å²) in [6.45, 7) is 0.475. The lowest BCUT2D eigenvalue weighted by molar-refractivity contribution is -0.113. The maximum atomic E-state index is 12.5. The van der Waals surface area contributed by atoms with Gasteiger partial charge in [-0.05, 0) is 24.1 Å². The Kier molecular flexibility index (Phi) is 7.65. The van der Waals surface area contributed by atoms with Crippen molar-refractivity contribution in [2.24, 2.45) is 0 Å². The Morgan fingerprint density at radius 2 is 2.00 bits per heavy atom. The predicted molar refractivity (Wildman–Crippen MR) is 133 cm³/mol. The molecule has 2 aromatic heterocycles. The van der Waals surface area contributed by atoms with Crippen LogP contribution in [0.4, 0.5) is 5.13 Å². The van der Waals surface area contributed by atoms with Crippen LogP contribution in [0, 0.1) is 0 Å². The summed E-state index contributed by atoms with van der Waals surface area (Å²) in [5, 5.41) is 12.1. The maximum absolute atomic E-state index is 12.5. The smallest absolute Gasteiger partial charge is 0.343 e. The Balaban J connectivity index is 1.36. The highest BCUT2D eigenvalue weighted by atomic mass is 32.2. The van der Waals surface area contributed by atoms with Crippen molar-refractivity contribution in [2.45, 2.75) is 18.1 Å². The van der Waals surface area contributed by atoms with E-state index >= 15 is 0 Å². The quantitative estimate of drug-likeness (QED) is 0.322. The zero-order chi connectivity index (χ0) is 23.9. The van der Waals surface area contributed by atoms with Gasteiger partial charge in [-0.2, -0.15) is 0 Å². The van der Waals surface area contributed by atoms with Gasteiger partial charge >= 0.3 is 5.69 Å². The molecule has 11 heteroatoms. The van der Waals surface area contributed by atoms with Crippen LogP contribution in [-0.2, 0) is 17.8 Å². The summed E-state index contributed by atoms with van der Waals surface area (Å²) in [7, 11) is 3.17. The zero-order valence-electron chi connectivity index (χ0n) is 18.6. The van der Waals surface area contributed by atoms with Crippen molar-refractivity contribution >= 4 is 34.1 Å². The number of H-pyrrole nitrogens is 1. The van der Waals surface area contributed by atoms with Crippen LogP contribution in [0.2, 0.25) is 0 Å². The number of carbonyl (C=O) groups is 1. The van der Waals surface area contributed by atoms with Gasteiger partial charge in [0, 0.05) is 23.6 Å². The molecule has 1 amide bonds. The highest BCUT2D eigenvalue weighted by Gasteiger charge is 2.15. The fourth-order valence-electron chi connectivity index (χ4n) is 3.25. The lowest BCUT2D eigenvalue weighted by Gasteiger charge is -2.08. The monoisotopic (exact) mass is 497 g/mol. The number of aryl methyl sites for hydroxylation is 1. The van der Waals surface area contributed by atoms with E-state index in [0.717, 1.165) is 11.1 Å². The van der Waals surface area contributed by atoms with Gasteiger partial charge < -0.3 is 14.8 Å². The van der Waals surface area contributed by atoms with E-state index in [1.807, 2.05) is 47.8 Å². The Labute approximate surface area is 204 Å². The summed E-state index contributed by atoms with van der Waals surface area (Å²) in [6.07, 6.45) is 0.691. The molecule has 9 nitrogen and oxygen atoms in total. The summed E-state index contributed by atoms with van der Waals surface area (Å²) < 4.78 is 12.2. The molecule has 0 saturated heterocycles. The number of thiazole rings is 1. The molecule has 0 fully saturated rings. The van der Waals surface area contributed by atoms with Gasteiger partial charge in [-0.15, -0.1) is 16.4 Å². The number of thioether (sulfide) groups is 1. The molecule has 0 unspecified atom stereocenters. The lowest BCUT2D eigenvalue weighted by Crippen LogP contribution is -2.20. The van der Waals surface area contributed by atoms with E-state index in [2.05, 4.69) is 20.5 Å². The second kappa shape index (κ2) is 11.0. The molecule has 2 aromatic carbocycles. The van der Waals surface area contributed by atoms with Crippen LogP contribution in [0.3, 0.4) is 0 Å². The van der Waals surface area contributed by atoms with E-state index in [0.29, 0.717) is 40.4 Å². The molecule has 2 heterocycles. The third kappa shape index (κ3) is 5.67. The number of carbonyl (C=O) groups excluding carboxylic acids is 1. The number of benzene rings is 2. The number of nitrogens with one attached hydrogen (secondary N) is 2. The molecule has 4 aromatic rings. The standard InChI is InChI=1S/C23H23N5O4S2/c1-31-16-8-9-17(19(12-16)32-2)18-13-33-21(24-18)25-20(29)14-34-23-27-26-22(30)28(23)11-10-15-6-4-3-5-7-15/h3-9,12-13H,10-11,14H2,1-2H3,(H,26,30)(H,24,25,29). The number of anilines is 1. The molecule has 0 aliphatic carbocycles. The van der Waals surface area contributed by atoms with Gasteiger partial charge in [-0.25, -0.2) is 14.9 Å². The number of ether oxygens (including phenoxy) is 2. The first-order chi connectivity index (χ1) is 16.6. The fraction of sp³-hybridized carbons (Fsp3) is 0.217. The van der Waals surface area contributed by atoms with Crippen LogP contribution >= 0.6 is 23.1 Å². The molecule has 0 bridgehead atoms. The largest absolute Gasteiger partial charge is 0.497 e. The molecule has 0 spiro atoms. The van der Waals surface area contributed by atoms with Crippen molar-refractivity contribution in [3.8, 4) is 22.8 Å². The average molecular weight is 498 g/mol. The van der Waals surface area contributed by atoms with Gasteiger partial charge in [-0.1, -0.05) is 42.1 Å². The Hall–Kier alpha value is -3.57. The fourth-order valence-corrected chi connectivity index (χ4v) is 4.75. The van der Waals surface area contributed by atoms with Crippen molar-refractivity contribution in [3.05, 3.63) is 70.0 Å². The summed E-state index contributed by atoms with van der Waals surface area (Å²) in [4.78, 5) is 29.1. The van der Waals surface area contributed by atoms with E-state index in [1.54, 1.807) is 24.9 Å². The van der Waals surface area contributed by atoms with Crippen LogP contribution in [-0.4, -0.2) is 45.6 Å². The Morgan fingerprint density at radius 3 is 2.76 bits per heavy atom. The average Bonchev–Trinajstić information content (AvgIpc) is 3.47. The van der Waals surface area contributed by atoms with Gasteiger partial charge in [0.25, 0.3) is 0 Å². The molecule has 4 rings (SSSR count). The number of aromatic amines is 1. The number of aromatic nitrogens is 4. The van der Waals surface area contributed by atoms with E-state index in [1.165, 1.54) is 23.1 Å². The van der Waals surface area contributed by atoms with Crippen molar-refractivity contribution in [1.29, 1.82) is 0 Å². The van der Waals surface area contributed by atoms with Crippen LogP contribution in [0.15, 0.2) is 63.9 Å². The van der Waals surface area contributed by atoms with Crippen molar-refractivity contribution in [2.75, 3.05) is 25.3 Å². The first-order valence-electron chi connectivity index (χ1n) is 10.4. The molecule has 0 radical (unpaired) electrons. The number of rotatable bonds is 10. The second-order valence-corrected chi connectivity index (χ2v) is 8.94. The summed E-state index contributed by atoms with van der Waals surface area (Å²) in [5.41, 5.74) is 2.32. The first kappa shape index (κ1) is 23.6. The lowest BCUT2D eigenvalue weighted by atomic mass is 10.1. The van der Waals surface area contributed by atoms with Crippen molar-refractivity contribution in [1.82, 2.24) is 19.7 Å². The summed E-state index contributed by atoms with van der Waals surface area (Å²) >= 11 is 2.52. The SMILES string of the molecule is COc1ccc(-c2csc(NC(=O)CSc3n[nH]c(=O)n3CCc3ccccc3)n2)c(OC)c1. The van der Waals surface area contributed by atoms with Gasteiger partial charge in [0.05, 0.1) is 25.7 Å². The molecule has 176 valence electrons. The first-order valence-corrected chi connectivity index (χ1v) is 12.2. The van der Waals surface area contributed by atoms with Gasteiger partial charge in [0.1, 0.15) is 11.5 Å². The number of hydrogen-bond acceptors (Lipinski definition) is 8. The van der Waals surface area contributed by atoms with E-state index in [-0.39, 0.29) is 17.3 Å².